The molecule has 136 valence electrons. The van der Waals surface area contributed by atoms with Crippen LogP contribution in [0.2, 0.25) is 5.02 Å². The zero-order chi connectivity index (χ0) is 19.2. The van der Waals surface area contributed by atoms with E-state index in [0.717, 1.165) is 16.7 Å². The number of ether oxygens (including phenoxy) is 1. The van der Waals surface area contributed by atoms with Crippen molar-refractivity contribution in [2.75, 3.05) is 0 Å². The summed E-state index contributed by atoms with van der Waals surface area (Å²) in [6.45, 7) is 1.57. The van der Waals surface area contributed by atoms with Gasteiger partial charge in [-0.05, 0) is 35.7 Å². The van der Waals surface area contributed by atoms with Gasteiger partial charge in [-0.3, -0.25) is 9.59 Å². The molecular formula is C23H19ClO3. The van der Waals surface area contributed by atoms with E-state index in [2.05, 4.69) is 0 Å². The van der Waals surface area contributed by atoms with Gasteiger partial charge in [0, 0.05) is 10.6 Å². The number of ketones is 1. The van der Waals surface area contributed by atoms with Crippen molar-refractivity contribution in [2.45, 2.75) is 19.4 Å². The third kappa shape index (κ3) is 5.05. The van der Waals surface area contributed by atoms with Crippen LogP contribution in [-0.2, 0) is 16.0 Å². The van der Waals surface area contributed by atoms with Crippen LogP contribution in [0.25, 0.3) is 11.1 Å². The third-order valence-electron chi connectivity index (χ3n) is 4.20. The highest BCUT2D eigenvalue weighted by Crippen LogP contribution is 2.20. The smallest absolute Gasteiger partial charge is 0.310 e. The van der Waals surface area contributed by atoms with E-state index in [1.165, 1.54) is 0 Å². The van der Waals surface area contributed by atoms with Crippen molar-refractivity contribution in [3.63, 3.8) is 0 Å². The van der Waals surface area contributed by atoms with Gasteiger partial charge in [0.05, 0.1) is 6.42 Å². The van der Waals surface area contributed by atoms with E-state index >= 15 is 0 Å². The second-order valence-corrected chi connectivity index (χ2v) is 6.68. The molecule has 0 heterocycles. The Labute approximate surface area is 163 Å². The molecule has 27 heavy (non-hydrogen) atoms. The number of carbonyl (C=O) groups is 2. The molecule has 3 aromatic carbocycles. The van der Waals surface area contributed by atoms with E-state index in [4.69, 9.17) is 16.3 Å². The Kier molecular flexibility index (Phi) is 6.05. The Hall–Kier alpha value is -2.91. The fraction of sp³-hybridized carbons (Fsp3) is 0.130. The first-order valence-electron chi connectivity index (χ1n) is 8.66. The standard InChI is InChI=1S/C23H19ClO3/c1-16(23(26)20-8-5-9-21(24)15-20)27-22(25)14-17-10-12-19(13-11-17)18-6-3-2-4-7-18/h2-13,15-16H,14H2,1H3. The van der Waals surface area contributed by atoms with Gasteiger partial charge in [-0.2, -0.15) is 0 Å². The summed E-state index contributed by atoms with van der Waals surface area (Å²) in [4.78, 5) is 24.5. The molecule has 0 aromatic heterocycles. The molecular weight excluding hydrogens is 360 g/mol. The number of hydrogen-bond donors (Lipinski definition) is 0. The number of Topliss-reactive ketones (excluding diaryl/α,β-unsaturated/α-hetero) is 1. The molecule has 0 spiro atoms. The van der Waals surface area contributed by atoms with Crippen molar-refractivity contribution >= 4 is 23.4 Å². The minimum absolute atomic E-state index is 0.113. The fourth-order valence-electron chi connectivity index (χ4n) is 2.78. The van der Waals surface area contributed by atoms with Crippen molar-refractivity contribution in [3.05, 3.63) is 95.0 Å². The Morgan fingerprint density at radius 3 is 2.22 bits per heavy atom. The van der Waals surface area contributed by atoms with Crippen molar-refractivity contribution in [1.29, 1.82) is 0 Å². The lowest BCUT2D eigenvalue weighted by Crippen LogP contribution is -2.25. The molecule has 0 amide bonds. The summed E-state index contributed by atoms with van der Waals surface area (Å²) in [5, 5.41) is 0.470. The van der Waals surface area contributed by atoms with Gasteiger partial charge < -0.3 is 4.74 Å². The Morgan fingerprint density at radius 1 is 0.889 bits per heavy atom. The Bertz CT molecular complexity index is 933. The topological polar surface area (TPSA) is 43.4 Å². The SMILES string of the molecule is CC(OC(=O)Cc1ccc(-c2ccccc2)cc1)C(=O)c1cccc(Cl)c1. The minimum atomic E-state index is -0.862. The Morgan fingerprint density at radius 2 is 1.56 bits per heavy atom. The summed E-state index contributed by atoms with van der Waals surface area (Å²) in [6.07, 6.45) is -0.748. The molecule has 0 aliphatic heterocycles. The lowest BCUT2D eigenvalue weighted by atomic mass is 10.0. The Balaban J connectivity index is 1.59. The first-order valence-corrected chi connectivity index (χ1v) is 9.04. The number of carbonyl (C=O) groups excluding carboxylic acids is 2. The number of rotatable bonds is 6. The molecule has 0 saturated heterocycles. The van der Waals surface area contributed by atoms with Gasteiger partial charge in [-0.1, -0.05) is 78.3 Å². The summed E-state index contributed by atoms with van der Waals surface area (Å²) in [7, 11) is 0. The van der Waals surface area contributed by atoms with Crippen molar-refractivity contribution in [3.8, 4) is 11.1 Å². The predicted molar refractivity (Wildman–Crippen MR) is 107 cm³/mol. The summed E-state index contributed by atoms with van der Waals surface area (Å²) in [5.41, 5.74) is 3.46. The summed E-state index contributed by atoms with van der Waals surface area (Å²) in [6, 6.07) is 24.3. The van der Waals surface area contributed by atoms with Gasteiger partial charge in [-0.15, -0.1) is 0 Å². The van der Waals surface area contributed by atoms with E-state index in [-0.39, 0.29) is 12.2 Å². The van der Waals surface area contributed by atoms with Gasteiger partial charge in [-0.25, -0.2) is 0 Å². The van der Waals surface area contributed by atoms with Gasteiger partial charge >= 0.3 is 5.97 Å². The van der Waals surface area contributed by atoms with Crippen LogP contribution in [0.5, 0.6) is 0 Å². The van der Waals surface area contributed by atoms with Crippen LogP contribution in [0, 0.1) is 0 Å². The molecule has 0 bridgehead atoms. The van der Waals surface area contributed by atoms with Crippen LogP contribution in [0.1, 0.15) is 22.8 Å². The zero-order valence-corrected chi connectivity index (χ0v) is 15.6. The maximum absolute atomic E-state index is 12.4. The van der Waals surface area contributed by atoms with Crippen molar-refractivity contribution in [2.24, 2.45) is 0 Å². The average molecular weight is 379 g/mol. The van der Waals surface area contributed by atoms with Crippen LogP contribution in [0.15, 0.2) is 78.9 Å². The first kappa shape index (κ1) is 18.9. The maximum Gasteiger partial charge on any atom is 0.310 e. The van der Waals surface area contributed by atoms with E-state index in [0.29, 0.717) is 10.6 Å². The monoisotopic (exact) mass is 378 g/mol. The maximum atomic E-state index is 12.4. The normalized spacial score (nSPS) is 11.6. The number of hydrogen-bond acceptors (Lipinski definition) is 3. The molecule has 0 radical (unpaired) electrons. The van der Waals surface area contributed by atoms with Crippen LogP contribution in [0.4, 0.5) is 0 Å². The van der Waals surface area contributed by atoms with E-state index in [9.17, 15) is 9.59 Å². The second-order valence-electron chi connectivity index (χ2n) is 6.25. The van der Waals surface area contributed by atoms with E-state index in [1.54, 1.807) is 31.2 Å². The summed E-state index contributed by atoms with van der Waals surface area (Å²) < 4.78 is 5.29. The molecule has 0 aliphatic carbocycles. The molecule has 0 saturated carbocycles. The van der Waals surface area contributed by atoms with Gasteiger partial charge in [0.2, 0.25) is 5.78 Å². The molecule has 3 rings (SSSR count). The zero-order valence-electron chi connectivity index (χ0n) is 14.9. The minimum Gasteiger partial charge on any atom is -0.454 e. The fourth-order valence-corrected chi connectivity index (χ4v) is 2.97. The predicted octanol–water partition coefficient (Wildman–Crippen LogP) is 5.36. The first-order chi connectivity index (χ1) is 13.0. The number of halogens is 1. The summed E-state index contributed by atoms with van der Waals surface area (Å²) >= 11 is 5.90. The van der Waals surface area contributed by atoms with Crippen molar-refractivity contribution < 1.29 is 14.3 Å². The second kappa shape index (κ2) is 8.65. The van der Waals surface area contributed by atoms with E-state index < -0.39 is 12.1 Å². The number of esters is 1. The van der Waals surface area contributed by atoms with Gasteiger partial charge in [0.1, 0.15) is 0 Å². The van der Waals surface area contributed by atoms with Gasteiger partial charge in [0.25, 0.3) is 0 Å². The lowest BCUT2D eigenvalue weighted by molar-refractivity contribution is -0.145. The molecule has 3 nitrogen and oxygen atoms in total. The van der Waals surface area contributed by atoms with Gasteiger partial charge in [0.15, 0.2) is 6.10 Å². The van der Waals surface area contributed by atoms with E-state index in [1.807, 2.05) is 54.6 Å². The molecule has 0 fully saturated rings. The molecule has 1 unspecified atom stereocenters. The third-order valence-corrected chi connectivity index (χ3v) is 4.43. The molecule has 1 atom stereocenters. The van der Waals surface area contributed by atoms with Crippen LogP contribution in [0.3, 0.4) is 0 Å². The molecule has 0 aliphatic rings. The lowest BCUT2D eigenvalue weighted by Gasteiger charge is -2.13. The van der Waals surface area contributed by atoms with Crippen molar-refractivity contribution in [1.82, 2.24) is 0 Å². The van der Waals surface area contributed by atoms with Crippen LogP contribution >= 0.6 is 11.6 Å². The highest BCUT2D eigenvalue weighted by Gasteiger charge is 2.19. The highest BCUT2D eigenvalue weighted by atomic mass is 35.5. The highest BCUT2D eigenvalue weighted by molar-refractivity contribution is 6.31. The van der Waals surface area contributed by atoms with Crippen LogP contribution < -0.4 is 0 Å². The molecule has 4 heteroatoms. The number of benzene rings is 3. The quantitative estimate of drug-likeness (QED) is 0.428. The molecule has 3 aromatic rings. The van der Waals surface area contributed by atoms with Crippen LogP contribution in [-0.4, -0.2) is 17.9 Å². The largest absolute Gasteiger partial charge is 0.454 e. The molecule has 0 N–H and O–H groups in total. The average Bonchev–Trinajstić information content (AvgIpc) is 2.68. The summed E-state index contributed by atoms with van der Waals surface area (Å²) in [5.74, 6) is -0.712.